The fraction of sp³-hybridized carbons (Fsp3) is 0.444. The van der Waals surface area contributed by atoms with E-state index in [0.717, 1.165) is 38.8 Å². The Morgan fingerprint density at radius 1 is 1.29 bits per heavy atom. The molecule has 1 fully saturated rings. The van der Waals surface area contributed by atoms with Gasteiger partial charge < -0.3 is 10.6 Å². The first-order chi connectivity index (χ1) is 11.3. The number of nitrogens with one attached hydrogen (secondary N) is 2. The second-order valence-corrected chi connectivity index (χ2v) is 6.03. The lowest BCUT2D eigenvalue weighted by atomic mass is 10.1. The number of carbonyl (C=O) groups excluding carboxylic acids is 1. The van der Waals surface area contributed by atoms with Gasteiger partial charge in [0.05, 0.1) is 6.04 Å². The Hall–Kier alpha value is -1.85. The van der Waals surface area contributed by atoms with Gasteiger partial charge in [0.1, 0.15) is 5.69 Å². The second kappa shape index (κ2) is 9.45. The molecule has 1 atom stereocenters. The molecule has 2 heterocycles. The van der Waals surface area contributed by atoms with Crippen molar-refractivity contribution in [1.82, 2.24) is 20.4 Å². The molecule has 1 aromatic heterocycles. The highest BCUT2D eigenvalue weighted by atomic mass is 35.5. The lowest BCUT2D eigenvalue weighted by Gasteiger charge is -2.22. The number of halogens is 1. The van der Waals surface area contributed by atoms with Gasteiger partial charge in [0.15, 0.2) is 0 Å². The van der Waals surface area contributed by atoms with Gasteiger partial charge in [-0.15, -0.1) is 12.4 Å². The summed E-state index contributed by atoms with van der Waals surface area (Å²) in [5, 5.41) is 10.8. The lowest BCUT2D eigenvalue weighted by Crippen LogP contribution is -2.32. The topological polar surface area (TPSA) is 59.0 Å². The minimum atomic E-state index is -0.0828. The lowest BCUT2D eigenvalue weighted by molar-refractivity contribution is 0.0947. The molecule has 0 spiro atoms. The third-order valence-corrected chi connectivity index (χ3v) is 4.26. The van der Waals surface area contributed by atoms with Crippen LogP contribution < -0.4 is 10.6 Å². The number of nitrogens with zero attached hydrogens (tertiary/aromatic N) is 2. The van der Waals surface area contributed by atoms with Crippen LogP contribution in [0.1, 0.15) is 41.4 Å². The number of rotatable bonds is 6. The molecule has 1 aromatic carbocycles. The van der Waals surface area contributed by atoms with Crippen LogP contribution >= 0.6 is 12.4 Å². The van der Waals surface area contributed by atoms with Crippen LogP contribution in [0.2, 0.25) is 0 Å². The Morgan fingerprint density at radius 2 is 2.12 bits per heavy atom. The zero-order valence-electron chi connectivity index (χ0n) is 13.8. The molecule has 0 bridgehead atoms. The molecule has 1 amide bonds. The fourth-order valence-corrected chi connectivity index (χ4v) is 2.95. The van der Waals surface area contributed by atoms with Crippen molar-refractivity contribution in [2.24, 2.45) is 0 Å². The van der Waals surface area contributed by atoms with Crippen LogP contribution in [0.5, 0.6) is 0 Å². The van der Waals surface area contributed by atoms with E-state index in [9.17, 15) is 4.79 Å². The first-order valence-electron chi connectivity index (χ1n) is 8.41. The van der Waals surface area contributed by atoms with Crippen molar-refractivity contribution in [3.8, 4) is 0 Å². The van der Waals surface area contributed by atoms with Crippen molar-refractivity contribution >= 4 is 18.3 Å². The summed E-state index contributed by atoms with van der Waals surface area (Å²) < 4.78 is 1.92. The Balaban J connectivity index is 0.00000208. The molecule has 5 nitrogen and oxygen atoms in total. The Labute approximate surface area is 149 Å². The molecule has 0 aliphatic carbocycles. The number of hydrogen-bond donors (Lipinski definition) is 2. The molecule has 1 saturated heterocycles. The van der Waals surface area contributed by atoms with E-state index in [-0.39, 0.29) is 18.3 Å². The second-order valence-electron chi connectivity index (χ2n) is 6.03. The number of aryl methyl sites for hydroxylation is 1. The zero-order valence-corrected chi connectivity index (χ0v) is 14.6. The van der Waals surface area contributed by atoms with E-state index in [2.05, 4.69) is 27.9 Å². The van der Waals surface area contributed by atoms with E-state index >= 15 is 0 Å². The van der Waals surface area contributed by atoms with Gasteiger partial charge in [0.2, 0.25) is 0 Å². The SMILES string of the molecule is Cl.O=C(NCCCc1ccccc1)c1ccn(C2CCCNC2)n1. The fourth-order valence-electron chi connectivity index (χ4n) is 2.95. The van der Waals surface area contributed by atoms with Crippen molar-refractivity contribution in [2.75, 3.05) is 19.6 Å². The van der Waals surface area contributed by atoms with Crippen molar-refractivity contribution in [3.05, 3.63) is 53.9 Å². The largest absolute Gasteiger partial charge is 0.351 e. The van der Waals surface area contributed by atoms with E-state index < -0.39 is 0 Å². The average molecular weight is 349 g/mol. The molecule has 1 aliphatic heterocycles. The average Bonchev–Trinajstić information content (AvgIpc) is 3.10. The number of benzene rings is 1. The quantitative estimate of drug-likeness (QED) is 0.789. The van der Waals surface area contributed by atoms with Gasteiger partial charge in [-0.05, 0) is 43.9 Å². The van der Waals surface area contributed by atoms with E-state index in [4.69, 9.17) is 0 Å². The van der Waals surface area contributed by atoms with Gasteiger partial charge in [0.25, 0.3) is 5.91 Å². The molecule has 6 heteroatoms. The summed E-state index contributed by atoms with van der Waals surface area (Å²) in [6.07, 6.45) is 6.10. The molecule has 0 radical (unpaired) electrons. The van der Waals surface area contributed by atoms with Gasteiger partial charge in [0, 0.05) is 19.3 Å². The number of aromatic nitrogens is 2. The minimum Gasteiger partial charge on any atom is -0.351 e. The molecule has 130 valence electrons. The number of piperidine rings is 1. The zero-order chi connectivity index (χ0) is 15.9. The third-order valence-electron chi connectivity index (χ3n) is 4.26. The third kappa shape index (κ3) is 5.08. The molecular formula is C18H25ClN4O. The first-order valence-corrected chi connectivity index (χ1v) is 8.41. The minimum absolute atomic E-state index is 0. The Morgan fingerprint density at radius 3 is 2.88 bits per heavy atom. The number of amides is 1. The summed E-state index contributed by atoms with van der Waals surface area (Å²) in [6.45, 7) is 2.68. The van der Waals surface area contributed by atoms with Crippen LogP contribution in [-0.4, -0.2) is 35.3 Å². The standard InChI is InChI=1S/C18H24N4O.ClH/c23-18(20-12-4-8-15-6-2-1-3-7-15)17-10-13-22(21-17)16-9-5-11-19-14-16;/h1-3,6-7,10,13,16,19H,4-5,8-9,11-12,14H2,(H,20,23);1H. The molecule has 1 unspecified atom stereocenters. The summed E-state index contributed by atoms with van der Waals surface area (Å²) in [5.74, 6) is -0.0828. The van der Waals surface area contributed by atoms with Crippen molar-refractivity contribution < 1.29 is 4.79 Å². The van der Waals surface area contributed by atoms with E-state index in [1.807, 2.05) is 29.1 Å². The van der Waals surface area contributed by atoms with E-state index in [0.29, 0.717) is 18.3 Å². The molecule has 0 saturated carbocycles. The summed E-state index contributed by atoms with van der Waals surface area (Å²) in [4.78, 5) is 12.1. The van der Waals surface area contributed by atoms with Crippen LogP contribution in [0.4, 0.5) is 0 Å². The number of hydrogen-bond acceptors (Lipinski definition) is 3. The van der Waals surface area contributed by atoms with Crippen LogP contribution in [0.3, 0.4) is 0 Å². The Bertz CT molecular complexity index is 623. The number of carbonyl (C=O) groups is 1. The predicted octanol–water partition coefficient (Wildman–Crippen LogP) is 2.59. The summed E-state index contributed by atoms with van der Waals surface area (Å²) in [7, 11) is 0. The highest BCUT2D eigenvalue weighted by molar-refractivity contribution is 5.92. The highest BCUT2D eigenvalue weighted by Crippen LogP contribution is 2.15. The van der Waals surface area contributed by atoms with Crippen LogP contribution in [-0.2, 0) is 6.42 Å². The van der Waals surface area contributed by atoms with Crippen LogP contribution in [0, 0.1) is 0 Å². The maximum atomic E-state index is 12.1. The maximum Gasteiger partial charge on any atom is 0.271 e. The van der Waals surface area contributed by atoms with Crippen LogP contribution in [0.15, 0.2) is 42.6 Å². The van der Waals surface area contributed by atoms with E-state index in [1.54, 1.807) is 6.07 Å². The Kier molecular flexibility index (Phi) is 7.28. The monoisotopic (exact) mass is 348 g/mol. The van der Waals surface area contributed by atoms with E-state index in [1.165, 1.54) is 5.56 Å². The summed E-state index contributed by atoms with van der Waals surface area (Å²) in [6, 6.07) is 12.5. The molecular weight excluding hydrogens is 324 g/mol. The summed E-state index contributed by atoms with van der Waals surface area (Å²) >= 11 is 0. The molecule has 2 aromatic rings. The van der Waals surface area contributed by atoms with Crippen molar-refractivity contribution in [2.45, 2.75) is 31.7 Å². The van der Waals surface area contributed by atoms with Gasteiger partial charge in [-0.1, -0.05) is 30.3 Å². The molecule has 24 heavy (non-hydrogen) atoms. The highest BCUT2D eigenvalue weighted by Gasteiger charge is 2.17. The summed E-state index contributed by atoms with van der Waals surface area (Å²) in [5.41, 5.74) is 1.81. The van der Waals surface area contributed by atoms with Crippen molar-refractivity contribution in [3.63, 3.8) is 0 Å². The molecule has 1 aliphatic rings. The molecule has 2 N–H and O–H groups in total. The maximum absolute atomic E-state index is 12.1. The van der Waals surface area contributed by atoms with Gasteiger partial charge in [-0.2, -0.15) is 5.10 Å². The van der Waals surface area contributed by atoms with Gasteiger partial charge in [-0.25, -0.2) is 0 Å². The molecule has 3 rings (SSSR count). The predicted molar refractivity (Wildman–Crippen MR) is 97.7 cm³/mol. The van der Waals surface area contributed by atoms with Gasteiger partial charge >= 0.3 is 0 Å². The van der Waals surface area contributed by atoms with Crippen molar-refractivity contribution in [1.29, 1.82) is 0 Å². The van der Waals surface area contributed by atoms with Gasteiger partial charge in [-0.3, -0.25) is 9.48 Å². The van der Waals surface area contributed by atoms with Crippen LogP contribution in [0.25, 0.3) is 0 Å². The smallest absolute Gasteiger partial charge is 0.271 e. The first kappa shape index (κ1) is 18.5. The normalized spacial score (nSPS) is 17.1.